The van der Waals surface area contributed by atoms with Crippen molar-refractivity contribution in [1.82, 2.24) is 15.2 Å². The number of aromatic nitrogens is 3. The maximum Gasteiger partial charge on any atom is 0.219 e. The summed E-state index contributed by atoms with van der Waals surface area (Å²) in [5.41, 5.74) is 3.00. The number of hydrogen-bond acceptors (Lipinski definition) is 6. The Morgan fingerprint density at radius 1 is 1.00 bits per heavy atom. The fourth-order valence-electron chi connectivity index (χ4n) is 2.72. The molecule has 122 valence electrons. The molecule has 6 nitrogen and oxygen atoms in total. The summed E-state index contributed by atoms with van der Waals surface area (Å²) in [7, 11) is 0. The Bertz CT molecular complexity index is 810. The van der Waals surface area contributed by atoms with E-state index in [1.807, 2.05) is 12.1 Å². The molecule has 0 bridgehead atoms. The largest absolute Gasteiger partial charge is 0.461 e. The van der Waals surface area contributed by atoms with Crippen LogP contribution in [0.25, 0.3) is 22.8 Å². The summed E-state index contributed by atoms with van der Waals surface area (Å²) in [6.07, 6.45) is 1.61. The van der Waals surface area contributed by atoms with Crippen molar-refractivity contribution in [3.8, 4) is 22.8 Å². The molecule has 1 fully saturated rings. The summed E-state index contributed by atoms with van der Waals surface area (Å²) < 4.78 is 10.9. The summed E-state index contributed by atoms with van der Waals surface area (Å²) in [4.78, 5) is 6.93. The molecule has 0 N–H and O–H groups in total. The second-order valence-electron chi connectivity index (χ2n) is 5.75. The first-order valence-corrected chi connectivity index (χ1v) is 7.99. The number of aryl methyl sites for hydroxylation is 1. The molecule has 6 heteroatoms. The van der Waals surface area contributed by atoms with Crippen molar-refractivity contribution in [2.24, 2.45) is 0 Å². The van der Waals surface area contributed by atoms with E-state index in [9.17, 15) is 0 Å². The summed E-state index contributed by atoms with van der Waals surface area (Å²) in [5.74, 6) is 1.94. The van der Waals surface area contributed by atoms with Crippen LogP contribution in [0.1, 0.15) is 5.56 Å². The highest BCUT2D eigenvalue weighted by Gasteiger charge is 2.21. The van der Waals surface area contributed by atoms with E-state index < -0.39 is 0 Å². The number of furan rings is 1. The van der Waals surface area contributed by atoms with Crippen LogP contribution in [0, 0.1) is 6.92 Å². The van der Waals surface area contributed by atoms with Crippen LogP contribution in [-0.4, -0.2) is 41.5 Å². The molecule has 1 saturated heterocycles. The van der Waals surface area contributed by atoms with Gasteiger partial charge in [0.15, 0.2) is 11.6 Å². The molecule has 3 heterocycles. The summed E-state index contributed by atoms with van der Waals surface area (Å²) in [6, 6.07) is 11.9. The van der Waals surface area contributed by atoms with Crippen LogP contribution in [0.3, 0.4) is 0 Å². The number of nitrogens with zero attached hydrogens (tertiary/aromatic N) is 4. The van der Waals surface area contributed by atoms with Crippen LogP contribution in [0.2, 0.25) is 0 Å². The molecule has 24 heavy (non-hydrogen) atoms. The molecular weight excluding hydrogens is 304 g/mol. The minimum Gasteiger partial charge on any atom is -0.461 e. The number of rotatable bonds is 3. The molecule has 0 amide bonds. The van der Waals surface area contributed by atoms with Crippen molar-refractivity contribution in [1.29, 1.82) is 0 Å². The monoisotopic (exact) mass is 322 g/mol. The molecule has 4 rings (SSSR count). The second kappa shape index (κ2) is 6.41. The minimum atomic E-state index is 0.498. The quantitative estimate of drug-likeness (QED) is 0.739. The average molecular weight is 322 g/mol. The number of ether oxygens (including phenoxy) is 1. The highest BCUT2D eigenvalue weighted by Crippen LogP contribution is 2.29. The van der Waals surface area contributed by atoms with Gasteiger partial charge in [0.1, 0.15) is 5.69 Å². The van der Waals surface area contributed by atoms with Crippen molar-refractivity contribution in [3.63, 3.8) is 0 Å². The van der Waals surface area contributed by atoms with Crippen LogP contribution >= 0.6 is 0 Å². The third-order valence-electron chi connectivity index (χ3n) is 4.05. The van der Waals surface area contributed by atoms with Gasteiger partial charge in [-0.25, -0.2) is 4.98 Å². The standard InChI is InChI=1S/C18H18N4O2/c1-13-4-6-14(7-5-13)16-18(22-8-11-23-12-9-22)19-17(21-20-16)15-3-2-10-24-15/h2-7,10H,8-9,11-12H2,1H3. The van der Waals surface area contributed by atoms with Gasteiger partial charge >= 0.3 is 0 Å². The SMILES string of the molecule is Cc1ccc(-c2nnc(-c3ccco3)nc2N2CCOCC2)cc1. The van der Waals surface area contributed by atoms with Crippen molar-refractivity contribution in [2.75, 3.05) is 31.2 Å². The maximum absolute atomic E-state index is 5.46. The lowest BCUT2D eigenvalue weighted by Crippen LogP contribution is -2.37. The second-order valence-corrected chi connectivity index (χ2v) is 5.75. The van der Waals surface area contributed by atoms with Gasteiger partial charge < -0.3 is 14.1 Å². The van der Waals surface area contributed by atoms with Crippen molar-refractivity contribution < 1.29 is 9.15 Å². The topological polar surface area (TPSA) is 64.3 Å². The first-order chi connectivity index (χ1) is 11.8. The third kappa shape index (κ3) is 2.88. The number of morpholine rings is 1. The molecular formula is C18H18N4O2. The molecule has 2 aromatic heterocycles. The van der Waals surface area contributed by atoms with Gasteiger partial charge in [-0.15, -0.1) is 10.2 Å². The smallest absolute Gasteiger partial charge is 0.219 e. The first kappa shape index (κ1) is 14.8. The Hall–Kier alpha value is -2.73. The molecule has 0 spiro atoms. The van der Waals surface area contributed by atoms with Gasteiger partial charge in [-0.1, -0.05) is 29.8 Å². The third-order valence-corrected chi connectivity index (χ3v) is 4.05. The van der Waals surface area contributed by atoms with E-state index in [-0.39, 0.29) is 0 Å². The highest BCUT2D eigenvalue weighted by molar-refractivity contribution is 5.73. The van der Waals surface area contributed by atoms with Gasteiger partial charge in [0.2, 0.25) is 5.82 Å². The van der Waals surface area contributed by atoms with E-state index in [1.165, 1.54) is 5.56 Å². The average Bonchev–Trinajstić information content (AvgIpc) is 3.17. The number of benzene rings is 1. The predicted octanol–water partition coefficient (Wildman–Crippen LogP) is 2.94. The maximum atomic E-state index is 5.46. The lowest BCUT2D eigenvalue weighted by atomic mass is 10.1. The van der Waals surface area contributed by atoms with E-state index in [0.29, 0.717) is 24.8 Å². The van der Waals surface area contributed by atoms with Gasteiger partial charge in [-0.2, -0.15) is 0 Å². The summed E-state index contributed by atoms with van der Waals surface area (Å²) in [6.45, 7) is 5.02. The molecule has 1 aromatic carbocycles. The lowest BCUT2D eigenvalue weighted by Gasteiger charge is -2.29. The molecule has 0 unspecified atom stereocenters. The van der Waals surface area contributed by atoms with Crippen LogP contribution < -0.4 is 4.90 Å². The zero-order chi connectivity index (χ0) is 16.4. The Morgan fingerprint density at radius 3 is 2.50 bits per heavy atom. The molecule has 1 aliphatic rings. The van der Waals surface area contributed by atoms with Crippen LogP contribution in [0.4, 0.5) is 5.82 Å². The van der Waals surface area contributed by atoms with E-state index in [0.717, 1.165) is 30.2 Å². The van der Waals surface area contributed by atoms with Crippen LogP contribution in [-0.2, 0) is 4.74 Å². The Morgan fingerprint density at radius 2 is 1.79 bits per heavy atom. The Balaban J connectivity index is 1.81. The van der Waals surface area contributed by atoms with E-state index in [1.54, 1.807) is 6.26 Å². The van der Waals surface area contributed by atoms with E-state index >= 15 is 0 Å². The normalized spacial score (nSPS) is 14.8. The number of hydrogen-bond donors (Lipinski definition) is 0. The zero-order valence-corrected chi connectivity index (χ0v) is 13.5. The molecule has 0 aliphatic carbocycles. The van der Waals surface area contributed by atoms with Crippen molar-refractivity contribution >= 4 is 5.82 Å². The minimum absolute atomic E-state index is 0.498. The van der Waals surface area contributed by atoms with Gasteiger partial charge in [-0.3, -0.25) is 0 Å². The lowest BCUT2D eigenvalue weighted by molar-refractivity contribution is 0.122. The van der Waals surface area contributed by atoms with E-state index in [4.69, 9.17) is 14.1 Å². The van der Waals surface area contributed by atoms with Crippen molar-refractivity contribution in [3.05, 3.63) is 48.2 Å². The van der Waals surface area contributed by atoms with E-state index in [2.05, 4.69) is 46.3 Å². The Labute approximate surface area is 140 Å². The van der Waals surface area contributed by atoms with Gasteiger partial charge in [0.25, 0.3) is 0 Å². The number of anilines is 1. The zero-order valence-electron chi connectivity index (χ0n) is 13.5. The summed E-state index contributed by atoms with van der Waals surface area (Å²) in [5, 5.41) is 8.72. The molecule has 1 aliphatic heterocycles. The molecule has 0 atom stereocenters. The highest BCUT2D eigenvalue weighted by atomic mass is 16.5. The van der Waals surface area contributed by atoms with Crippen LogP contribution in [0.15, 0.2) is 47.1 Å². The van der Waals surface area contributed by atoms with Gasteiger partial charge in [0, 0.05) is 18.7 Å². The fourth-order valence-corrected chi connectivity index (χ4v) is 2.72. The predicted molar refractivity (Wildman–Crippen MR) is 90.7 cm³/mol. The van der Waals surface area contributed by atoms with Gasteiger partial charge in [0.05, 0.1) is 19.5 Å². The molecule has 3 aromatic rings. The Kier molecular flexibility index (Phi) is 3.96. The molecule has 0 radical (unpaired) electrons. The first-order valence-electron chi connectivity index (χ1n) is 7.99. The van der Waals surface area contributed by atoms with Crippen molar-refractivity contribution in [2.45, 2.75) is 6.92 Å². The molecule has 0 saturated carbocycles. The van der Waals surface area contributed by atoms with Crippen LogP contribution in [0.5, 0.6) is 0 Å². The fraction of sp³-hybridized carbons (Fsp3) is 0.278. The van der Waals surface area contributed by atoms with Gasteiger partial charge in [-0.05, 0) is 19.1 Å². The summed E-state index contributed by atoms with van der Waals surface area (Å²) >= 11 is 0.